The highest BCUT2D eigenvalue weighted by Crippen LogP contribution is 2.30. The minimum atomic E-state index is -0.709. The Labute approximate surface area is 167 Å². The molecule has 1 amide bonds. The molecule has 3 aromatic rings. The zero-order valence-electron chi connectivity index (χ0n) is 14.7. The van der Waals surface area contributed by atoms with E-state index in [2.05, 4.69) is 10.4 Å². The third kappa shape index (κ3) is 3.90. The van der Waals surface area contributed by atoms with E-state index in [0.717, 1.165) is 16.0 Å². The van der Waals surface area contributed by atoms with E-state index in [4.69, 9.17) is 16.3 Å². The third-order valence-corrected chi connectivity index (χ3v) is 4.85. The molecule has 0 saturated heterocycles. The van der Waals surface area contributed by atoms with Gasteiger partial charge in [-0.3, -0.25) is 9.59 Å². The maximum absolute atomic E-state index is 13.3. The Bertz CT molecular complexity index is 1090. The molecule has 0 atom stereocenters. The van der Waals surface area contributed by atoms with Crippen molar-refractivity contribution in [3.05, 3.63) is 51.5 Å². The number of carbonyl (C=O) groups is 2. The molecule has 146 valence electrons. The maximum atomic E-state index is 13.3. The van der Waals surface area contributed by atoms with Crippen molar-refractivity contribution < 1.29 is 18.7 Å². The van der Waals surface area contributed by atoms with Crippen LogP contribution in [0.2, 0.25) is 0 Å². The first-order valence-electron chi connectivity index (χ1n) is 8.29. The quantitative estimate of drug-likeness (QED) is 0.485. The van der Waals surface area contributed by atoms with Crippen molar-refractivity contribution in [3.63, 3.8) is 0 Å². The van der Waals surface area contributed by atoms with Gasteiger partial charge in [-0.1, -0.05) is 0 Å². The number of alkyl halides is 1. The first-order valence-corrected chi connectivity index (χ1v) is 9.71. The van der Waals surface area contributed by atoms with Crippen molar-refractivity contribution >= 4 is 50.6 Å². The number of halogens is 2. The SMILES string of the molecule is CCOC(=O)c1nn(-c2ccc(F)cc2)c(=O)c2c(NC(=O)CCCl)scc12. The average Bonchev–Trinajstić information content (AvgIpc) is 3.07. The first-order chi connectivity index (χ1) is 13.5. The lowest BCUT2D eigenvalue weighted by Crippen LogP contribution is -2.25. The molecule has 7 nitrogen and oxygen atoms in total. The van der Waals surface area contributed by atoms with E-state index in [-0.39, 0.29) is 52.0 Å². The van der Waals surface area contributed by atoms with Gasteiger partial charge < -0.3 is 10.1 Å². The standard InChI is InChI=1S/C18H15ClFN3O4S/c1-2-27-18(26)15-12-9-28-16(21-13(24)7-8-19)14(12)17(25)23(22-15)11-5-3-10(20)4-6-11/h3-6,9H,2,7-8H2,1H3,(H,21,24). The van der Waals surface area contributed by atoms with Crippen molar-refractivity contribution in [1.29, 1.82) is 0 Å². The summed E-state index contributed by atoms with van der Waals surface area (Å²) in [4.78, 5) is 37.4. The molecule has 1 N–H and O–H groups in total. The molecular weight excluding hydrogens is 409 g/mol. The number of thiophene rings is 1. The van der Waals surface area contributed by atoms with Crippen LogP contribution in [0.1, 0.15) is 23.8 Å². The molecule has 28 heavy (non-hydrogen) atoms. The first kappa shape index (κ1) is 20.0. The van der Waals surface area contributed by atoms with Gasteiger partial charge in [0.15, 0.2) is 5.69 Å². The number of amides is 1. The smallest absolute Gasteiger partial charge is 0.359 e. The minimum absolute atomic E-state index is 0.0723. The lowest BCUT2D eigenvalue weighted by atomic mass is 10.2. The highest BCUT2D eigenvalue weighted by atomic mass is 35.5. The number of benzene rings is 1. The van der Waals surface area contributed by atoms with Crippen molar-refractivity contribution in [2.75, 3.05) is 17.8 Å². The van der Waals surface area contributed by atoms with Crippen LogP contribution in [0.4, 0.5) is 9.39 Å². The van der Waals surface area contributed by atoms with Crippen molar-refractivity contribution in [2.45, 2.75) is 13.3 Å². The van der Waals surface area contributed by atoms with Crippen LogP contribution in [0.15, 0.2) is 34.4 Å². The van der Waals surface area contributed by atoms with Crippen LogP contribution in [0, 0.1) is 5.82 Å². The summed E-state index contributed by atoms with van der Waals surface area (Å²) >= 11 is 6.67. The number of anilines is 1. The van der Waals surface area contributed by atoms with Gasteiger partial charge in [0.1, 0.15) is 10.8 Å². The highest BCUT2D eigenvalue weighted by molar-refractivity contribution is 7.16. The van der Waals surface area contributed by atoms with E-state index in [9.17, 15) is 18.8 Å². The Morgan fingerprint density at radius 3 is 2.68 bits per heavy atom. The molecule has 0 aliphatic rings. The van der Waals surface area contributed by atoms with Gasteiger partial charge in [0.2, 0.25) is 5.91 Å². The van der Waals surface area contributed by atoms with Crippen LogP contribution in [0.3, 0.4) is 0 Å². The number of hydrogen-bond donors (Lipinski definition) is 1. The van der Waals surface area contributed by atoms with Crippen LogP contribution >= 0.6 is 22.9 Å². The van der Waals surface area contributed by atoms with E-state index in [1.165, 1.54) is 24.3 Å². The number of aromatic nitrogens is 2. The van der Waals surface area contributed by atoms with Gasteiger partial charge in [0, 0.05) is 23.1 Å². The van der Waals surface area contributed by atoms with E-state index in [1.807, 2.05) is 0 Å². The fraction of sp³-hybridized carbons (Fsp3) is 0.222. The zero-order chi connectivity index (χ0) is 20.3. The van der Waals surface area contributed by atoms with Gasteiger partial charge in [0.05, 0.1) is 17.7 Å². The summed E-state index contributed by atoms with van der Waals surface area (Å²) in [6.45, 7) is 1.78. The van der Waals surface area contributed by atoms with E-state index < -0.39 is 17.3 Å². The fourth-order valence-electron chi connectivity index (χ4n) is 2.52. The Hall–Kier alpha value is -2.78. The number of fused-ring (bicyclic) bond motifs is 1. The summed E-state index contributed by atoms with van der Waals surface area (Å²) in [6, 6.07) is 5.08. The number of nitrogens with zero attached hydrogens (tertiary/aromatic N) is 2. The molecule has 0 aliphatic carbocycles. The molecule has 1 aromatic carbocycles. The second-order valence-electron chi connectivity index (χ2n) is 5.60. The Kier molecular flexibility index (Phi) is 6.05. The number of nitrogens with one attached hydrogen (secondary N) is 1. The molecule has 3 rings (SSSR count). The molecule has 10 heteroatoms. The monoisotopic (exact) mass is 423 g/mol. The number of hydrogen-bond acceptors (Lipinski definition) is 6. The second-order valence-corrected chi connectivity index (χ2v) is 6.86. The molecular formula is C18H15ClFN3O4S. The molecule has 0 radical (unpaired) electrons. The lowest BCUT2D eigenvalue weighted by molar-refractivity contribution is -0.115. The van der Waals surface area contributed by atoms with Crippen LogP contribution < -0.4 is 10.9 Å². The maximum Gasteiger partial charge on any atom is 0.359 e. The van der Waals surface area contributed by atoms with Gasteiger partial charge in [-0.2, -0.15) is 9.78 Å². The number of esters is 1. The van der Waals surface area contributed by atoms with E-state index in [1.54, 1.807) is 12.3 Å². The number of ether oxygens (including phenoxy) is 1. The largest absolute Gasteiger partial charge is 0.461 e. The summed E-state index contributed by atoms with van der Waals surface area (Å²) in [6.07, 6.45) is 0.0723. The van der Waals surface area contributed by atoms with E-state index >= 15 is 0 Å². The Morgan fingerprint density at radius 1 is 1.32 bits per heavy atom. The molecule has 0 aliphatic heterocycles. The molecule has 0 fully saturated rings. The summed E-state index contributed by atoms with van der Waals surface area (Å²) in [7, 11) is 0. The summed E-state index contributed by atoms with van der Waals surface area (Å²) < 4.78 is 19.3. The van der Waals surface area contributed by atoms with E-state index in [0.29, 0.717) is 0 Å². The topological polar surface area (TPSA) is 90.3 Å². The predicted molar refractivity (Wildman–Crippen MR) is 105 cm³/mol. The van der Waals surface area contributed by atoms with Gasteiger partial charge in [0.25, 0.3) is 5.56 Å². The van der Waals surface area contributed by atoms with Crippen LogP contribution in [0.25, 0.3) is 16.5 Å². The van der Waals surface area contributed by atoms with Gasteiger partial charge in [-0.25, -0.2) is 9.18 Å². The van der Waals surface area contributed by atoms with Crippen molar-refractivity contribution in [3.8, 4) is 5.69 Å². The van der Waals surface area contributed by atoms with Gasteiger partial charge in [-0.05, 0) is 31.2 Å². The summed E-state index contributed by atoms with van der Waals surface area (Å²) in [5, 5.41) is 8.99. The van der Waals surface area contributed by atoms with Crippen LogP contribution in [-0.2, 0) is 9.53 Å². The predicted octanol–water partition coefficient (Wildman–Crippen LogP) is 3.33. The van der Waals surface area contributed by atoms with Crippen LogP contribution in [0.5, 0.6) is 0 Å². The molecule has 0 unspecified atom stereocenters. The van der Waals surface area contributed by atoms with Gasteiger partial charge >= 0.3 is 5.97 Å². The molecule has 0 spiro atoms. The number of rotatable bonds is 6. The normalized spacial score (nSPS) is 10.8. The van der Waals surface area contributed by atoms with Gasteiger partial charge in [-0.15, -0.1) is 22.9 Å². The zero-order valence-corrected chi connectivity index (χ0v) is 16.3. The average molecular weight is 424 g/mol. The number of carbonyl (C=O) groups excluding carboxylic acids is 2. The summed E-state index contributed by atoms with van der Waals surface area (Å²) in [5.74, 6) is -1.42. The fourth-order valence-corrected chi connectivity index (χ4v) is 3.65. The minimum Gasteiger partial charge on any atom is -0.461 e. The molecule has 2 heterocycles. The lowest BCUT2D eigenvalue weighted by Gasteiger charge is -2.10. The Morgan fingerprint density at radius 2 is 2.04 bits per heavy atom. The third-order valence-electron chi connectivity index (χ3n) is 3.77. The second kappa shape index (κ2) is 8.49. The molecule has 2 aromatic heterocycles. The van der Waals surface area contributed by atoms with Crippen molar-refractivity contribution in [1.82, 2.24) is 9.78 Å². The van der Waals surface area contributed by atoms with Crippen LogP contribution in [-0.4, -0.2) is 34.1 Å². The van der Waals surface area contributed by atoms with Crippen molar-refractivity contribution in [2.24, 2.45) is 0 Å². The summed E-state index contributed by atoms with van der Waals surface area (Å²) in [5.41, 5.74) is -0.366. The molecule has 0 saturated carbocycles. The molecule has 0 bridgehead atoms. The Balaban J connectivity index is 2.24. The highest BCUT2D eigenvalue weighted by Gasteiger charge is 2.23.